The molecule has 152 valence electrons. The van der Waals surface area contributed by atoms with Crippen molar-refractivity contribution in [2.45, 2.75) is 25.3 Å². The number of hydrogen-bond donors (Lipinski definition) is 3. The largest absolute Gasteiger partial charge is 0.376 e. The predicted octanol–water partition coefficient (Wildman–Crippen LogP) is 3.56. The number of amides is 1. The molecule has 3 aromatic rings. The van der Waals surface area contributed by atoms with Crippen LogP contribution in [-0.4, -0.2) is 56.6 Å². The molecule has 3 N–H and O–H groups in total. The highest BCUT2D eigenvalue weighted by atomic mass is 35.5. The Morgan fingerprint density at radius 1 is 1.21 bits per heavy atom. The first-order chi connectivity index (χ1) is 14.1. The number of aromatic amines is 1. The Labute approximate surface area is 178 Å². The predicted molar refractivity (Wildman–Crippen MR) is 114 cm³/mol. The fourth-order valence-corrected chi connectivity index (χ4v) is 4.03. The second-order valence-electron chi connectivity index (χ2n) is 7.04. The molecule has 1 atom stereocenters. The molecule has 0 aliphatic carbocycles. The second-order valence-corrected chi connectivity index (χ2v) is 7.92. The van der Waals surface area contributed by atoms with Crippen LogP contribution in [0.4, 0.5) is 11.5 Å². The van der Waals surface area contributed by atoms with Crippen LogP contribution in [0.3, 0.4) is 0 Å². The molecule has 1 aliphatic rings. The van der Waals surface area contributed by atoms with Gasteiger partial charge in [-0.15, -0.1) is 0 Å². The number of likely N-dealkylation sites (tertiary alicyclic amines) is 1. The van der Waals surface area contributed by atoms with Crippen LogP contribution in [0.15, 0.2) is 30.7 Å². The first-order valence-corrected chi connectivity index (χ1v) is 10.2. The number of anilines is 2. The van der Waals surface area contributed by atoms with E-state index in [1.54, 1.807) is 24.4 Å². The molecular weight excluding hydrogens is 413 g/mol. The van der Waals surface area contributed by atoms with Gasteiger partial charge in [0.15, 0.2) is 5.65 Å². The summed E-state index contributed by atoms with van der Waals surface area (Å²) in [5.74, 6) is 0.765. The molecule has 10 heteroatoms. The summed E-state index contributed by atoms with van der Waals surface area (Å²) < 4.78 is 0. The van der Waals surface area contributed by atoms with Gasteiger partial charge in [0.05, 0.1) is 18.1 Å². The van der Waals surface area contributed by atoms with Crippen molar-refractivity contribution >= 4 is 51.6 Å². The van der Waals surface area contributed by atoms with Gasteiger partial charge in [0, 0.05) is 34.9 Å². The maximum absolute atomic E-state index is 12.8. The highest BCUT2D eigenvalue weighted by molar-refractivity contribution is 6.35. The standard InChI is InChI=1S/C19H21Cl2N7O/c20-12-5-13(21)7-15(6-12)22-9-17(29)28-4-2-1-3-14(10-28)26-18-16-8-25-27-19(16)24-11-23-18/h5-8,11,14,22H,1-4,9-10H2,(H2,23,24,25,26,27)/t14-/m0/s1. The van der Waals surface area contributed by atoms with Crippen LogP contribution < -0.4 is 10.6 Å². The summed E-state index contributed by atoms with van der Waals surface area (Å²) in [4.78, 5) is 23.2. The Balaban J connectivity index is 1.39. The number of halogens is 2. The quantitative estimate of drug-likeness (QED) is 0.568. The number of nitrogens with one attached hydrogen (secondary N) is 3. The minimum atomic E-state index is 0.0333. The maximum Gasteiger partial charge on any atom is 0.241 e. The van der Waals surface area contributed by atoms with Crippen LogP contribution in [0.1, 0.15) is 19.3 Å². The first kappa shape index (κ1) is 19.7. The lowest BCUT2D eigenvalue weighted by Crippen LogP contribution is -2.42. The summed E-state index contributed by atoms with van der Waals surface area (Å²) in [5.41, 5.74) is 1.41. The molecule has 4 rings (SSSR count). The van der Waals surface area contributed by atoms with Crippen molar-refractivity contribution in [2.24, 2.45) is 0 Å². The van der Waals surface area contributed by atoms with E-state index in [1.165, 1.54) is 6.33 Å². The molecular formula is C19H21Cl2N7O. The molecule has 1 fully saturated rings. The van der Waals surface area contributed by atoms with E-state index in [1.807, 2.05) is 4.90 Å². The molecule has 0 unspecified atom stereocenters. The van der Waals surface area contributed by atoms with Gasteiger partial charge in [0.2, 0.25) is 5.91 Å². The zero-order valence-corrected chi connectivity index (χ0v) is 17.2. The van der Waals surface area contributed by atoms with Crippen LogP contribution in [-0.2, 0) is 4.79 Å². The summed E-state index contributed by atoms with van der Waals surface area (Å²) in [6.07, 6.45) is 6.18. The van der Waals surface area contributed by atoms with Gasteiger partial charge in [-0.05, 0) is 37.5 Å². The molecule has 29 heavy (non-hydrogen) atoms. The van der Waals surface area contributed by atoms with E-state index in [0.29, 0.717) is 22.2 Å². The number of benzene rings is 1. The van der Waals surface area contributed by atoms with E-state index < -0.39 is 0 Å². The van der Waals surface area contributed by atoms with Crippen molar-refractivity contribution in [1.82, 2.24) is 25.1 Å². The summed E-state index contributed by atoms with van der Waals surface area (Å²) in [6.45, 7) is 1.53. The van der Waals surface area contributed by atoms with Crippen molar-refractivity contribution in [3.63, 3.8) is 0 Å². The lowest BCUT2D eigenvalue weighted by atomic mass is 10.1. The van der Waals surface area contributed by atoms with Gasteiger partial charge in [-0.25, -0.2) is 9.97 Å². The minimum Gasteiger partial charge on any atom is -0.376 e. The van der Waals surface area contributed by atoms with Crippen molar-refractivity contribution in [3.8, 4) is 0 Å². The number of H-pyrrole nitrogens is 1. The number of aromatic nitrogens is 4. The Morgan fingerprint density at radius 2 is 2.03 bits per heavy atom. The van der Waals surface area contributed by atoms with Gasteiger partial charge in [-0.2, -0.15) is 5.10 Å². The third-order valence-corrected chi connectivity index (χ3v) is 5.36. The van der Waals surface area contributed by atoms with E-state index in [9.17, 15) is 4.79 Å². The second kappa shape index (κ2) is 8.84. The van der Waals surface area contributed by atoms with E-state index in [4.69, 9.17) is 23.2 Å². The maximum atomic E-state index is 12.8. The van der Waals surface area contributed by atoms with Gasteiger partial charge < -0.3 is 15.5 Å². The number of fused-ring (bicyclic) bond motifs is 1. The molecule has 0 saturated carbocycles. The molecule has 0 spiro atoms. The van der Waals surface area contributed by atoms with Crippen molar-refractivity contribution < 1.29 is 4.79 Å². The van der Waals surface area contributed by atoms with Crippen LogP contribution in [0, 0.1) is 0 Å². The van der Waals surface area contributed by atoms with Gasteiger partial charge >= 0.3 is 0 Å². The van der Waals surface area contributed by atoms with Crippen LogP contribution in [0.25, 0.3) is 11.0 Å². The Kier molecular flexibility index (Phi) is 6.01. The van der Waals surface area contributed by atoms with E-state index in [-0.39, 0.29) is 18.5 Å². The molecule has 1 aromatic carbocycles. The Bertz CT molecular complexity index is 989. The SMILES string of the molecule is O=C(CNc1cc(Cl)cc(Cl)c1)N1CCCC[C@H](Nc2ncnc3[nH]ncc23)C1. The number of nitrogens with zero attached hydrogens (tertiary/aromatic N) is 4. The molecule has 1 saturated heterocycles. The molecule has 1 aliphatic heterocycles. The zero-order valence-electron chi connectivity index (χ0n) is 15.7. The normalized spacial score (nSPS) is 17.2. The number of rotatable bonds is 5. The van der Waals surface area contributed by atoms with Crippen LogP contribution in [0.2, 0.25) is 10.0 Å². The molecule has 3 heterocycles. The van der Waals surface area contributed by atoms with Gasteiger partial charge in [0.25, 0.3) is 0 Å². The number of carbonyl (C=O) groups is 1. The Morgan fingerprint density at radius 3 is 2.86 bits per heavy atom. The summed E-state index contributed by atoms with van der Waals surface area (Å²) in [6, 6.07) is 5.26. The summed E-state index contributed by atoms with van der Waals surface area (Å²) in [7, 11) is 0. The van der Waals surface area contributed by atoms with Gasteiger partial charge in [0.1, 0.15) is 12.1 Å². The van der Waals surface area contributed by atoms with E-state index in [0.717, 1.165) is 42.7 Å². The summed E-state index contributed by atoms with van der Waals surface area (Å²) >= 11 is 12.0. The molecule has 0 radical (unpaired) electrons. The monoisotopic (exact) mass is 433 g/mol. The third kappa shape index (κ3) is 4.89. The molecule has 2 aromatic heterocycles. The molecule has 0 bridgehead atoms. The highest BCUT2D eigenvalue weighted by Crippen LogP contribution is 2.23. The van der Waals surface area contributed by atoms with Crippen LogP contribution >= 0.6 is 23.2 Å². The lowest BCUT2D eigenvalue weighted by Gasteiger charge is -2.26. The van der Waals surface area contributed by atoms with Crippen molar-refractivity contribution in [1.29, 1.82) is 0 Å². The molecule has 1 amide bonds. The minimum absolute atomic E-state index is 0.0333. The number of carbonyl (C=O) groups excluding carboxylic acids is 1. The average molecular weight is 434 g/mol. The van der Waals surface area contributed by atoms with Gasteiger partial charge in [-0.1, -0.05) is 23.2 Å². The first-order valence-electron chi connectivity index (χ1n) is 9.47. The smallest absolute Gasteiger partial charge is 0.241 e. The number of hydrogen-bond acceptors (Lipinski definition) is 6. The average Bonchev–Trinajstić information content (AvgIpc) is 3.05. The highest BCUT2D eigenvalue weighted by Gasteiger charge is 2.23. The third-order valence-electron chi connectivity index (χ3n) is 4.92. The van der Waals surface area contributed by atoms with E-state index >= 15 is 0 Å². The van der Waals surface area contributed by atoms with Crippen molar-refractivity contribution in [2.75, 3.05) is 30.3 Å². The lowest BCUT2D eigenvalue weighted by molar-refractivity contribution is -0.129. The van der Waals surface area contributed by atoms with Crippen LogP contribution in [0.5, 0.6) is 0 Å². The Hall–Kier alpha value is -2.58. The van der Waals surface area contributed by atoms with E-state index in [2.05, 4.69) is 30.8 Å². The fourth-order valence-electron chi connectivity index (χ4n) is 3.50. The molecule has 8 nitrogen and oxygen atoms in total. The topological polar surface area (TPSA) is 98.8 Å². The van der Waals surface area contributed by atoms with Gasteiger partial charge in [-0.3, -0.25) is 9.89 Å². The fraction of sp³-hybridized carbons (Fsp3) is 0.368. The summed E-state index contributed by atoms with van der Waals surface area (Å²) in [5, 5.41) is 15.3. The van der Waals surface area contributed by atoms with Crippen molar-refractivity contribution in [3.05, 3.63) is 40.8 Å². The zero-order chi connectivity index (χ0) is 20.2.